The van der Waals surface area contributed by atoms with E-state index in [4.69, 9.17) is 16.3 Å². The molecule has 52 heavy (non-hydrogen) atoms. The molecule has 0 radical (unpaired) electrons. The van der Waals surface area contributed by atoms with Crippen molar-refractivity contribution < 1.29 is 29.0 Å². The molecule has 2 atom stereocenters. The van der Waals surface area contributed by atoms with Crippen molar-refractivity contribution in [2.24, 2.45) is 0 Å². The number of aliphatic carboxylic acids is 1. The smallest absolute Gasteiger partial charge is 0.328 e. The van der Waals surface area contributed by atoms with Crippen LogP contribution in [0.5, 0.6) is 0 Å². The molecule has 4 aromatic carbocycles. The average molecular weight is 705 g/mol. The van der Waals surface area contributed by atoms with Gasteiger partial charge < -0.3 is 30.7 Å². The molecule has 10 heteroatoms. The third-order valence-electron chi connectivity index (χ3n) is 8.12. The van der Waals surface area contributed by atoms with Crippen molar-refractivity contribution in [3.8, 4) is 12.3 Å². The number of anilines is 1. The van der Waals surface area contributed by atoms with Crippen molar-refractivity contribution in [1.29, 1.82) is 0 Å². The van der Waals surface area contributed by atoms with Crippen molar-refractivity contribution in [2.45, 2.75) is 57.8 Å². The molecule has 0 bridgehead atoms. The molecule has 4 aromatic rings. The number of carbonyl (C=O) groups is 4. The number of carboxylic acid groups (broad SMARTS) is 1. The highest BCUT2D eigenvalue weighted by molar-refractivity contribution is 5.94. The second-order valence-electron chi connectivity index (χ2n) is 12.4. The largest absolute Gasteiger partial charge is 0.480 e. The second-order valence-corrected chi connectivity index (χ2v) is 12.4. The lowest BCUT2D eigenvalue weighted by atomic mass is 10.0. The molecular weight excluding hydrogens is 656 g/mol. The van der Waals surface area contributed by atoms with Crippen molar-refractivity contribution >= 4 is 29.9 Å². The number of nitrogens with one attached hydrogen (secondary N) is 3. The summed E-state index contributed by atoms with van der Waals surface area (Å²) in [6.07, 6.45) is 7.12. The van der Waals surface area contributed by atoms with Crippen molar-refractivity contribution in [1.82, 2.24) is 15.5 Å². The zero-order chi connectivity index (χ0) is 37.7. The fourth-order valence-electron chi connectivity index (χ4n) is 5.31. The first-order valence-corrected chi connectivity index (χ1v) is 17.1. The van der Waals surface area contributed by atoms with E-state index in [-0.39, 0.29) is 37.9 Å². The highest BCUT2D eigenvalue weighted by Gasteiger charge is 2.21. The van der Waals surface area contributed by atoms with Gasteiger partial charge in [0.05, 0.1) is 13.2 Å². The van der Waals surface area contributed by atoms with Crippen LogP contribution in [-0.2, 0) is 38.7 Å². The molecule has 272 valence electrons. The SMILES string of the molecule is C#CC(CN(Cc1ccc(C(=O)NCC(NC=O)C(=O)O)cc1)C(=O)CCc1ccccc1)Nc1ccccc1C(C)C.COCc1ccccc1. The first kappa shape index (κ1) is 40.5. The molecule has 10 nitrogen and oxygen atoms in total. The summed E-state index contributed by atoms with van der Waals surface area (Å²) in [5, 5.41) is 17.2. The second kappa shape index (κ2) is 22.0. The van der Waals surface area contributed by atoms with Gasteiger partial charge in [-0.1, -0.05) is 111 Å². The molecule has 0 saturated heterocycles. The lowest BCUT2D eigenvalue weighted by molar-refractivity contribution is -0.140. The van der Waals surface area contributed by atoms with Crippen LogP contribution in [0.3, 0.4) is 0 Å². The molecule has 0 heterocycles. The minimum Gasteiger partial charge on any atom is -0.480 e. The van der Waals surface area contributed by atoms with Crippen LogP contribution in [0.4, 0.5) is 5.69 Å². The number of carboxylic acids is 1. The van der Waals surface area contributed by atoms with Gasteiger partial charge >= 0.3 is 5.97 Å². The Morgan fingerprint density at radius 2 is 1.48 bits per heavy atom. The molecule has 0 saturated carbocycles. The van der Waals surface area contributed by atoms with Crippen LogP contribution < -0.4 is 16.0 Å². The fourth-order valence-corrected chi connectivity index (χ4v) is 5.31. The van der Waals surface area contributed by atoms with E-state index in [0.29, 0.717) is 25.0 Å². The molecular formula is C42H48N4O6. The standard InChI is InChI=1S/C34H38N4O5.C8H10O/c1-4-28(37-30-13-9-8-12-29(30)24(2)3)22-38(32(40)19-16-25-10-6-5-7-11-25)21-26-14-17-27(18-15-26)33(41)35-20-31(34(42)43)36-23-39;1-9-7-8-5-3-2-4-6-8/h1,5-15,17-18,23-24,28,31,37H,16,19-22H2,2-3H3,(H,35,41)(H,36,39)(H,42,43);2-6H,7H2,1H3. The van der Waals surface area contributed by atoms with Gasteiger partial charge in [0.15, 0.2) is 0 Å². The number of benzene rings is 4. The van der Waals surface area contributed by atoms with Crippen LogP contribution in [0, 0.1) is 12.3 Å². The number of hydrogen-bond donors (Lipinski definition) is 4. The predicted octanol–water partition coefficient (Wildman–Crippen LogP) is 5.65. The lowest BCUT2D eigenvalue weighted by Crippen LogP contribution is -2.45. The Morgan fingerprint density at radius 1 is 0.865 bits per heavy atom. The summed E-state index contributed by atoms with van der Waals surface area (Å²) in [5.74, 6) is 1.30. The minimum absolute atomic E-state index is 0.0488. The number of terminal acetylenes is 1. The zero-order valence-electron chi connectivity index (χ0n) is 30.0. The number of ether oxygens (including phenoxy) is 1. The number of aryl methyl sites for hydroxylation is 1. The monoisotopic (exact) mass is 704 g/mol. The molecule has 0 fully saturated rings. The van der Waals surface area contributed by atoms with E-state index in [1.807, 2.05) is 78.9 Å². The van der Waals surface area contributed by atoms with Gasteiger partial charge in [0, 0.05) is 37.9 Å². The van der Waals surface area contributed by atoms with Crippen molar-refractivity contribution in [2.75, 3.05) is 25.5 Å². The van der Waals surface area contributed by atoms with Crippen LogP contribution in [0.15, 0.2) is 109 Å². The quantitative estimate of drug-likeness (QED) is 0.0777. The van der Waals surface area contributed by atoms with E-state index in [1.54, 1.807) is 36.3 Å². The van der Waals surface area contributed by atoms with Crippen molar-refractivity contribution in [3.63, 3.8) is 0 Å². The molecule has 4 N–H and O–H groups in total. The van der Waals surface area contributed by atoms with Gasteiger partial charge in [-0.05, 0) is 52.8 Å². The van der Waals surface area contributed by atoms with E-state index in [9.17, 15) is 19.2 Å². The van der Waals surface area contributed by atoms with Crippen LogP contribution in [0.1, 0.15) is 58.8 Å². The lowest BCUT2D eigenvalue weighted by Gasteiger charge is -2.28. The molecule has 0 aromatic heterocycles. The number of carbonyl (C=O) groups excluding carboxylic acids is 3. The number of amides is 3. The number of methoxy groups -OCH3 is 1. The normalized spacial score (nSPS) is 11.5. The summed E-state index contributed by atoms with van der Waals surface area (Å²) in [6, 6.07) is 32.9. The van der Waals surface area contributed by atoms with E-state index in [2.05, 4.69) is 41.8 Å². The predicted molar refractivity (Wildman–Crippen MR) is 204 cm³/mol. The van der Waals surface area contributed by atoms with Crippen molar-refractivity contribution in [3.05, 3.63) is 137 Å². The fraction of sp³-hybridized carbons (Fsp3) is 0.286. The number of nitrogens with zero attached hydrogens (tertiary/aromatic N) is 1. The Balaban J connectivity index is 0.000000703. The van der Waals surface area contributed by atoms with Crippen LogP contribution in [0.2, 0.25) is 0 Å². The first-order chi connectivity index (χ1) is 25.1. The third kappa shape index (κ3) is 13.8. The minimum atomic E-state index is -1.26. The van der Waals surface area contributed by atoms with E-state index < -0.39 is 24.0 Å². The Hall–Kier alpha value is -5.92. The zero-order valence-corrected chi connectivity index (χ0v) is 30.0. The maximum absolute atomic E-state index is 13.5. The van der Waals surface area contributed by atoms with Gasteiger partial charge in [-0.25, -0.2) is 4.79 Å². The summed E-state index contributed by atoms with van der Waals surface area (Å²) in [6.45, 7) is 5.23. The van der Waals surface area contributed by atoms with Gasteiger partial charge in [0.1, 0.15) is 12.1 Å². The summed E-state index contributed by atoms with van der Waals surface area (Å²) >= 11 is 0. The molecule has 0 aliphatic rings. The third-order valence-corrected chi connectivity index (χ3v) is 8.12. The average Bonchev–Trinajstić information content (AvgIpc) is 3.16. The van der Waals surface area contributed by atoms with Gasteiger partial charge in [-0.15, -0.1) is 6.42 Å². The Labute approximate surface area is 306 Å². The van der Waals surface area contributed by atoms with Crippen LogP contribution >= 0.6 is 0 Å². The summed E-state index contributed by atoms with van der Waals surface area (Å²) in [5.41, 5.74) is 5.47. The van der Waals surface area contributed by atoms with E-state index in [1.165, 1.54) is 5.56 Å². The molecule has 0 aliphatic heterocycles. The summed E-state index contributed by atoms with van der Waals surface area (Å²) in [7, 11) is 1.70. The Kier molecular flexibility index (Phi) is 17.1. The molecule has 2 unspecified atom stereocenters. The Bertz CT molecular complexity index is 1740. The van der Waals surface area contributed by atoms with Gasteiger partial charge in [-0.2, -0.15) is 0 Å². The highest BCUT2D eigenvalue weighted by atomic mass is 16.5. The Morgan fingerprint density at radius 3 is 2.06 bits per heavy atom. The van der Waals surface area contributed by atoms with E-state index >= 15 is 0 Å². The number of rotatable bonds is 18. The molecule has 3 amide bonds. The van der Waals surface area contributed by atoms with Gasteiger partial charge in [-0.3, -0.25) is 14.4 Å². The topological polar surface area (TPSA) is 137 Å². The van der Waals surface area contributed by atoms with Crippen LogP contribution in [0.25, 0.3) is 0 Å². The summed E-state index contributed by atoms with van der Waals surface area (Å²) < 4.78 is 4.93. The molecule has 0 aliphatic carbocycles. The first-order valence-electron chi connectivity index (χ1n) is 17.1. The summed E-state index contributed by atoms with van der Waals surface area (Å²) in [4.78, 5) is 49.6. The van der Waals surface area contributed by atoms with Crippen LogP contribution in [-0.4, -0.2) is 66.5 Å². The van der Waals surface area contributed by atoms with Gasteiger partial charge in [0.2, 0.25) is 12.3 Å². The maximum atomic E-state index is 13.5. The highest BCUT2D eigenvalue weighted by Crippen LogP contribution is 2.24. The maximum Gasteiger partial charge on any atom is 0.328 e. The molecule has 4 rings (SSSR count). The van der Waals surface area contributed by atoms with Gasteiger partial charge in [0.25, 0.3) is 5.91 Å². The molecule has 0 spiro atoms. The van der Waals surface area contributed by atoms with E-state index in [0.717, 1.165) is 22.4 Å². The number of para-hydroxylation sites is 1. The number of hydrogen-bond acceptors (Lipinski definition) is 6.